The zero-order chi connectivity index (χ0) is 15.1. The van der Waals surface area contributed by atoms with E-state index in [9.17, 15) is 14.4 Å². The molecule has 0 aliphatic heterocycles. The molecule has 0 unspecified atom stereocenters. The van der Waals surface area contributed by atoms with E-state index in [1.807, 2.05) is 0 Å². The first-order valence-corrected chi connectivity index (χ1v) is 6.38. The Morgan fingerprint density at radius 1 is 1.35 bits per heavy atom. The Kier molecular flexibility index (Phi) is 5.98. The Balaban J connectivity index is 2.56. The molecule has 108 valence electrons. The van der Waals surface area contributed by atoms with Gasteiger partial charge in [0.25, 0.3) is 0 Å². The maximum absolute atomic E-state index is 11.5. The maximum Gasteiger partial charge on any atom is 0.336 e. The highest BCUT2D eigenvalue weighted by atomic mass is 79.9. The first kappa shape index (κ1) is 16.0. The lowest BCUT2D eigenvalue weighted by atomic mass is 10.2. The lowest BCUT2D eigenvalue weighted by Crippen LogP contribution is -2.30. The minimum absolute atomic E-state index is 0.0392. The molecule has 0 heterocycles. The van der Waals surface area contributed by atoms with Gasteiger partial charge < -0.3 is 20.5 Å². The third-order valence-electron chi connectivity index (χ3n) is 2.30. The van der Waals surface area contributed by atoms with Gasteiger partial charge in [-0.3, -0.25) is 4.79 Å². The minimum atomic E-state index is -1.10. The second kappa shape index (κ2) is 7.49. The van der Waals surface area contributed by atoms with Gasteiger partial charge in [0, 0.05) is 16.7 Å². The average molecular weight is 345 g/mol. The SMILES string of the molecule is COC(=O)CCNC(=O)Nc1ccc(Br)c(C(=O)O)c1. The fourth-order valence-electron chi connectivity index (χ4n) is 1.32. The highest BCUT2D eigenvalue weighted by Gasteiger charge is 2.10. The monoisotopic (exact) mass is 344 g/mol. The van der Waals surface area contributed by atoms with Crippen LogP contribution in [-0.2, 0) is 9.53 Å². The highest BCUT2D eigenvalue weighted by Crippen LogP contribution is 2.21. The fourth-order valence-corrected chi connectivity index (χ4v) is 1.74. The summed E-state index contributed by atoms with van der Waals surface area (Å²) in [6, 6.07) is 3.86. The number of hydrogen-bond acceptors (Lipinski definition) is 4. The molecule has 0 aliphatic carbocycles. The van der Waals surface area contributed by atoms with E-state index in [0.717, 1.165) is 0 Å². The van der Waals surface area contributed by atoms with E-state index in [-0.39, 0.29) is 18.5 Å². The molecule has 7 nitrogen and oxygen atoms in total. The van der Waals surface area contributed by atoms with Crippen molar-refractivity contribution in [3.05, 3.63) is 28.2 Å². The van der Waals surface area contributed by atoms with Crippen molar-refractivity contribution in [1.82, 2.24) is 5.32 Å². The number of methoxy groups -OCH3 is 1. The van der Waals surface area contributed by atoms with Gasteiger partial charge in [-0.15, -0.1) is 0 Å². The number of rotatable bonds is 5. The number of urea groups is 1. The molecule has 0 atom stereocenters. The number of carbonyl (C=O) groups excluding carboxylic acids is 2. The van der Waals surface area contributed by atoms with Crippen LogP contribution >= 0.6 is 15.9 Å². The molecule has 2 amide bonds. The topological polar surface area (TPSA) is 105 Å². The fraction of sp³-hybridized carbons (Fsp3) is 0.250. The number of halogens is 1. The first-order chi connectivity index (χ1) is 9.43. The second-order valence-corrected chi connectivity index (χ2v) is 4.56. The molecule has 0 spiro atoms. The smallest absolute Gasteiger partial charge is 0.336 e. The average Bonchev–Trinajstić information content (AvgIpc) is 2.40. The number of ether oxygens (including phenoxy) is 1. The lowest BCUT2D eigenvalue weighted by molar-refractivity contribution is -0.140. The number of nitrogens with one attached hydrogen (secondary N) is 2. The van der Waals surface area contributed by atoms with Crippen molar-refractivity contribution in [3.63, 3.8) is 0 Å². The summed E-state index contributed by atoms with van der Waals surface area (Å²) in [4.78, 5) is 33.3. The number of carbonyl (C=O) groups is 3. The lowest BCUT2D eigenvalue weighted by Gasteiger charge is -2.08. The van der Waals surface area contributed by atoms with Crippen molar-refractivity contribution in [1.29, 1.82) is 0 Å². The molecule has 0 radical (unpaired) electrons. The van der Waals surface area contributed by atoms with Crippen LogP contribution in [0.1, 0.15) is 16.8 Å². The van der Waals surface area contributed by atoms with Crippen molar-refractivity contribution in [2.24, 2.45) is 0 Å². The van der Waals surface area contributed by atoms with E-state index in [0.29, 0.717) is 10.2 Å². The molecule has 8 heteroatoms. The van der Waals surface area contributed by atoms with Crippen LogP contribution in [-0.4, -0.2) is 36.7 Å². The molecule has 0 saturated carbocycles. The number of benzene rings is 1. The van der Waals surface area contributed by atoms with Gasteiger partial charge in [-0.25, -0.2) is 9.59 Å². The van der Waals surface area contributed by atoms with E-state index in [4.69, 9.17) is 5.11 Å². The number of amides is 2. The van der Waals surface area contributed by atoms with Gasteiger partial charge in [0.15, 0.2) is 0 Å². The van der Waals surface area contributed by atoms with Crippen molar-refractivity contribution in [2.45, 2.75) is 6.42 Å². The maximum atomic E-state index is 11.5. The summed E-state index contributed by atoms with van der Waals surface area (Å²) in [5, 5.41) is 13.9. The van der Waals surface area contributed by atoms with Crippen molar-refractivity contribution < 1.29 is 24.2 Å². The molecule has 3 N–H and O–H groups in total. The zero-order valence-corrected chi connectivity index (χ0v) is 12.2. The molecule has 1 aromatic rings. The number of aromatic carboxylic acids is 1. The minimum Gasteiger partial charge on any atom is -0.478 e. The van der Waals surface area contributed by atoms with Crippen molar-refractivity contribution in [3.8, 4) is 0 Å². The first-order valence-electron chi connectivity index (χ1n) is 5.58. The number of esters is 1. The molecule has 0 fully saturated rings. The molecule has 0 aliphatic rings. The number of carboxylic acids is 1. The van der Waals surface area contributed by atoms with Crippen LogP contribution in [0.25, 0.3) is 0 Å². The molecular weight excluding hydrogens is 332 g/mol. The number of carboxylic acid groups (broad SMARTS) is 1. The van der Waals surface area contributed by atoms with Crippen LogP contribution in [0.2, 0.25) is 0 Å². The van der Waals surface area contributed by atoms with Crippen molar-refractivity contribution >= 4 is 39.6 Å². The third kappa shape index (κ3) is 4.88. The quantitative estimate of drug-likeness (QED) is 0.706. The van der Waals surface area contributed by atoms with E-state index in [2.05, 4.69) is 31.3 Å². The molecule has 1 rings (SSSR count). The molecule has 0 aromatic heterocycles. The van der Waals surface area contributed by atoms with Gasteiger partial charge in [-0.05, 0) is 34.1 Å². The van der Waals surface area contributed by atoms with Crippen LogP contribution in [0.4, 0.5) is 10.5 Å². The zero-order valence-electron chi connectivity index (χ0n) is 10.6. The molecule has 20 heavy (non-hydrogen) atoms. The predicted molar refractivity (Wildman–Crippen MR) is 74.8 cm³/mol. The van der Waals surface area contributed by atoms with Gasteiger partial charge >= 0.3 is 18.0 Å². The van der Waals surface area contributed by atoms with Gasteiger partial charge in [-0.1, -0.05) is 0 Å². The Morgan fingerprint density at radius 2 is 2.05 bits per heavy atom. The second-order valence-electron chi connectivity index (χ2n) is 3.71. The summed E-state index contributed by atoms with van der Waals surface area (Å²) >= 11 is 3.10. The largest absolute Gasteiger partial charge is 0.478 e. The van der Waals surface area contributed by atoms with Gasteiger partial charge in [0.05, 0.1) is 19.1 Å². The Morgan fingerprint density at radius 3 is 2.65 bits per heavy atom. The van der Waals surface area contributed by atoms with Crippen LogP contribution in [0, 0.1) is 0 Å². The molecule has 0 bridgehead atoms. The van der Waals surface area contributed by atoms with E-state index >= 15 is 0 Å². The van der Waals surface area contributed by atoms with Gasteiger partial charge in [0.1, 0.15) is 0 Å². The number of hydrogen-bond donors (Lipinski definition) is 3. The van der Waals surface area contributed by atoms with E-state index in [1.165, 1.54) is 19.2 Å². The standard InChI is InChI=1S/C12H13BrN2O5/c1-20-10(16)4-5-14-12(19)15-7-2-3-9(13)8(6-7)11(17)18/h2-3,6H,4-5H2,1H3,(H,17,18)(H2,14,15,19). The van der Waals surface area contributed by atoms with E-state index in [1.54, 1.807) is 6.07 Å². The van der Waals surface area contributed by atoms with Crippen LogP contribution < -0.4 is 10.6 Å². The summed E-state index contributed by atoms with van der Waals surface area (Å²) in [6.45, 7) is 0.126. The molecular formula is C12H13BrN2O5. The molecule has 0 saturated heterocycles. The summed E-state index contributed by atoms with van der Waals surface area (Å²) in [7, 11) is 1.26. The summed E-state index contributed by atoms with van der Waals surface area (Å²) in [5.74, 6) is -1.53. The molecule has 1 aromatic carbocycles. The third-order valence-corrected chi connectivity index (χ3v) is 2.99. The number of anilines is 1. The Hall–Kier alpha value is -2.09. The predicted octanol–water partition coefficient (Wildman–Crippen LogP) is 1.83. The highest BCUT2D eigenvalue weighted by molar-refractivity contribution is 9.10. The summed E-state index contributed by atoms with van der Waals surface area (Å²) in [6.07, 6.45) is 0.0602. The van der Waals surface area contributed by atoms with Gasteiger partial charge in [0.2, 0.25) is 0 Å². The van der Waals surface area contributed by atoms with E-state index < -0.39 is 18.0 Å². The van der Waals surface area contributed by atoms with Crippen LogP contribution in [0.5, 0.6) is 0 Å². The van der Waals surface area contributed by atoms with Crippen LogP contribution in [0.15, 0.2) is 22.7 Å². The van der Waals surface area contributed by atoms with Gasteiger partial charge in [-0.2, -0.15) is 0 Å². The van der Waals surface area contributed by atoms with Crippen LogP contribution in [0.3, 0.4) is 0 Å². The Bertz CT molecular complexity index is 533. The normalized spacial score (nSPS) is 9.70. The summed E-state index contributed by atoms with van der Waals surface area (Å²) < 4.78 is 4.84. The summed E-state index contributed by atoms with van der Waals surface area (Å²) in [5.41, 5.74) is 0.374. The van der Waals surface area contributed by atoms with Crippen molar-refractivity contribution in [2.75, 3.05) is 19.0 Å². The Labute approximate surface area is 123 Å².